The van der Waals surface area contributed by atoms with Crippen molar-refractivity contribution in [3.8, 4) is 5.75 Å². The van der Waals surface area contributed by atoms with Crippen molar-refractivity contribution in [2.24, 2.45) is 0 Å². The van der Waals surface area contributed by atoms with Crippen molar-refractivity contribution in [2.45, 2.75) is 31.1 Å². The number of halogens is 1. The summed E-state index contributed by atoms with van der Waals surface area (Å²) in [5.74, 6) is 0.967. The van der Waals surface area contributed by atoms with Gasteiger partial charge in [0, 0.05) is 13.1 Å². The fourth-order valence-electron chi connectivity index (χ4n) is 1.82. The molecule has 0 aliphatic heterocycles. The third kappa shape index (κ3) is 3.73. The van der Waals surface area contributed by atoms with Crippen LogP contribution in [0.15, 0.2) is 24.3 Å². The number of amides is 1. The predicted octanol–water partition coefficient (Wildman–Crippen LogP) is 2.87. The van der Waals surface area contributed by atoms with E-state index in [0.717, 1.165) is 17.7 Å². The van der Waals surface area contributed by atoms with E-state index in [4.69, 9.17) is 4.74 Å². The number of alkyl halides is 1. The number of nitrogens with zero attached hydrogens (tertiary/aromatic N) is 1. The fourth-order valence-corrected chi connectivity index (χ4v) is 2.15. The second-order valence-electron chi connectivity index (χ2n) is 4.43. The first kappa shape index (κ1) is 15.0. The highest BCUT2D eigenvalue weighted by atomic mass is 79.9. The Kier molecular flexibility index (Phi) is 5.66. The molecular formula is C14H20BrNO2. The largest absolute Gasteiger partial charge is 0.496 e. The lowest BCUT2D eigenvalue weighted by Gasteiger charge is -2.26. The first-order valence-corrected chi connectivity index (χ1v) is 6.91. The Balaban J connectivity index is 2.75. The van der Waals surface area contributed by atoms with Crippen LogP contribution in [0.5, 0.6) is 5.75 Å². The summed E-state index contributed by atoms with van der Waals surface area (Å²) in [6.45, 7) is 3.88. The van der Waals surface area contributed by atoms with Gasteiger partial charge in [-0.05, 0) is 31.9 Å². The summed E-state index contributed by atoms with van der Waals surface area (Å²) < 4.78 is 5.32. The second kappa shape index (κ2) is 6.78. The number of benzene rings is 1. The Bertz CT molecular complexity index is 407. The molecule has 18 heavy (non-hydrogen) atoms. The molecule has 0 radical (unpaired) electrons. The van der Waals surface area contributed by atoms with Crippen LogP contribution in [0.1, 0.15) is 19.4 Å². The highest BCUT2D eigenvalue weighted by Gasteiger charge is 2.20. The van der Waals surface area contributed by atoms with E-state index in [2.05, 4.69) is 15.9 Å². The number of carbonyl (C=O) groups is 1. The number of ether oxygens (including phenoxy) is 1. The lowest BCUT2D eigenvalue weighted by Crippen LogP contribution is -2.39. The third-order valence-corrected chi connectivity index (χ3v) is 3.45. The summed E-state index contributed by atoms with van der Waals surface area (Å²) in [6.07, 6.45) is 0.784. The zero-order valence-corrected chi connectivity index (χ0v) is 12.9. The molecule has 2 unspecified atom stereocenters. The van der Waals surface area contributed by atoms with E-state index in [1.54, 1.807) is 12.0 Å². The highest BCUT2D eigenvalue weighted by molar-refractivity contribution is 9.10. The van der Waals surface area contributed by atoms with Gasteiger partial charge in [-0.2, -0.15) is 0 Å². The number of rotatable bonds is 5. The summed E-state index contributed by atoms with van der Waals surface area (Å²) in [6, 6.07) is 8.04. The minimum atomic E-state index is -0.150. The Morgan fingerprint density at radius 2 is 2.00 bits per heavy atom. The summed E-state index contributed by atoms with van der Waals surface area (Å²) in [5, 5.41) is 0. The molecule has 1 amide bonds. The SMILES string of the molecule is COc1ccccc1CC(C)N(C)C(=O)C(C)Br. The van der Waals surface area contributed by atoms with Crippen LogP contribution >= 0.6 is 15.9 Å². The molecule has 0 fully saturated rings. The van der Waals surface area contributed by atoms with Gasteiger partial charge in [-0.1, -0.05) is 34.1 Å². The van der Waals surface area contributed by atoms with E-state index >= 15 is 0 Å². The number of para-hydroxylation sites is 1. The van der Waals surface area contributed by atoms with Gasteiger partial charge in [-0.25, -0.2) is 0 Å². The average molecular weight is 314 g/mol. The zero-order valence-electron chi connectivity index (χ0n) is 11.3. The maximum atomic E-state index is 11.9. The standard InChI is InChI=1S/C14H20BrNO2/c1-10(16(3)14(17)11(2)15)9-12-7-5-6-8-13(12)18-4/h5-8,10-11H,9H2,1-4H3. The predicted molar refractivity (Wildman–Crippen MR) is 77.3 cm³/mol. The maximum Gasteiger partial charge on any atom is 0.236 e. The second-order valence-corrected chi connectivity index (χ2v) is 5.80. The maximum absolute atomic E-state index is 11.9. The molecule has 1 aromatic rings. The van der Waals surface area contributed by atoms with Gasteiger partial charge in [0.1, 0.15) is 5.75 Å². The molecule has 1 rings (SSSR count). The molecular weight excluding hydrogens is 294 g/mol. The Morgan fingerprint density at radius 3 is 2.56 bits per heavy atom. The monoisotopic (exact) mass is 313 g/mol. The molecule has 100 valence electrons. The molecule has 0 aromatic heterocycles. The lowest BCUT2D eigenvalue weighted by molar-refractivity contribution is -0.130. The summed E-state index contributed by atoms with van der Waals surface area (Å²) in [4.78, 5) is 13.5. The number of likely N-dealkylation sites (N-methyl/N-ethyl adjacent to an activating group) is 1. The molecule has 2 atom stereocenters. The van der Waals surface area contributed by atoms with Gasteiger partial charge in [-0.15, -0.1) is 0 Å². The van der Waals surface area contributed by atoms with Crippen LogP contribution in [0.4, 0.5) is 0 Å². The summed E-state index contributed by atoms with van der Waals surface area (Å²) in [5.41, 5.74) is 1.12. The van der Waals surface area contributed by atoms with Crippen molar-refractivity contribution in [3.63, 3.8) is 0 Å². The quantitative estimate of drug-likeness (QED) is 0.782. The molecule has 0 saturated heterocycles. The molecule has 0 aliphatic rings. The minimum absolute atomic E-state index is 0.0948. The first-order valence-electron chi connectivity index (χ1n) is 6.00. The van der Waals surface area contributed by atoms with Crippen LogP contribution in [-0.4, -0.2) is 35.8 Å². The molecule has 0 saturated carbocycles. The van der Waals surface area contributed by atoms with Crippen LogP contribution in [-0.2, 0) is 11.2 Å². The topological polar surface area (TPSA) is 29.5 Å². The molecule has 3 nitrogen and oxygen atoms in total. The van der Waals surface area contributed by atoms with Crippen LogP contribution in [0.2, 0.25) is 0 Å². The Labute approximate surface area is 117 Å². The summed E-state index contributed by atoms with van der Waals surface area (Å²) in [7, 11) is 3.50. The van der Waals surface area contributed by atoms with E-state index in [9.17, 15) is 4.79 Å². The van der Waals surface area contributed by atoms with E-state index in [1.165, 1.54) is 0 Å². The van der Waals surface area contributed by atoms with Gasteiger partial charge < -0.3 is 9.64 Å². The number of hydrogen-bond acceptors (Lipinski definition) is 2. The average Bonchev–Trinajstić information content (AvgIpc) is 2.37. The molecule has 0 bridgehead atoms. The molecule has 1 aromatic carbocycles. The first-order chi connectivity index (χ1) is 8.47. The fraction of sp³-hybridized carbons (Fsp3) is 0.500. The molecule has 0 spiro atoms. The minimum Gasteiger partial charge on any atom is -0.496 e. The van der Waals surface area contributed by atoms with Gasteiger partial charge in [0.2, 0.25) is 5.91 Å². The molecule has 0 heterocycles. The van der Waals surface area contributed by atoms with E-state index < -0.39 is 0 Å². The van der Waals surface area contributed by atoms with E-state index in [-0.39, 0.29) is 16.8 Å². The van der Waals surface area contributed by atoms with Gasteiger partial charge in [-0.3, -0.25) is 4.79 Å². The molecule has 4 heteroatoms. The van der Waals surface area contributed by atoms with Crippen LogP contribution < -0.4 is 4.74 Å². The van der Waals surface area contributed by atoms with E-state index in [1.807, 2.05) is 45.2 Å². The van der Waals surface area contributed by atoms with Gasteiger partial charge in [0.25, 0.3) is 0 Å². The van der Waals surface area contributed by atoms with Crippen molar-refractivity contribution in [2.75, 3.05) is 14.2 Å². The number of methoxy groups -OCH3 is 1. The third-order valence-electron chi connectivity index (χ3n) is 3.06. The Morgan fingerprint density at radius 1 is 1.39 bits per heavy atom. The van der Waals surface area contributed by atoms with Gasteiger partial charge >= 0.3 is 0 Å². The van der Waals surface area contributed by atoms with Crippen molar-refractivity contribution in [1.82, 2.24) is 4.90 Å². The number of hydrogen-bond donors (Lipinski definition) is 0. The summed E-state index contributed by atoms with van der Waals surface area (Å²) >= 11 is 3.31. The normalized spacial score (nSPS) is 13.8. The Hall–Kier alpha value is -1.03. The van der Waals surface area contributed by atoms with Crippen LogP contribution in [0.25, 0.3) is 0 Å². The van der Waals surface area contributed by atoms with Crippen molar-refractivity contribution < 1.29 is 9.53 Å². The van der Waals surface area contributed by atoms with Crippen LogP contribution in [0.3, 0.4) is 0 Å². The molecule has 0 N–H and O–H groups in total. The lowest BCUT2D eigenvalue weighted by atomic mass is 10.0. The smallest absolute Gasteiger partial charge is 0.236 e. The van der Waals surface area contributed by atoms with Gasteiger partial charge in [0.15, 0.2) is 0 Å². The van der Waals surface area contributed by atoms with Crippen LogP contribution in [0, 0.1) is 0 Å². The van der Waals surface area contributed by atoms with Crippen molar-refractivity contribution in [3.05, 3.63) is 29.8 Å². The molecule has 0 aliphatic carbocycles. The van der Waals surface area contributed by atoms with Crippen molar-refractivity contribution >= 4 is 21.8 Å². The van der Waals surface area contributed by atoms with Crippen molar-refractivity contribution in [1.29, 1.82) is 0 Å². The number of carbonyl (C=O) groups excluding carboxylic acids is 1. The highest BCUT2D eigenvalue weighted by Crippen LogP contribution is 2.20. The zero-order chi connectivity index (χ0) is 13.7. The van der Waals surface area contributed by atoms with E-state index in [0.29, 0.717) is 0 Å². The van der Waals surface area contributed by atoms with Gasteiger partial charge in [0.05, 0.1) is 11.9 Å².